The molecule has 0 atom stereocenters. The third kappa shape index (κ3) is 3.19. The number of nitrogens with one attached hydrogen (secondary N) is 1. The fourth-order valence-electron chi connectivity index (χ4n) is 1.16. The molecule has 1 rings (SSSR count). The van der Waals surface area contributed by atoms with Gasteiger partial charge in [-0.2, -0.15) is 15.8 Å². The predicted octanol–water partition coefficient (Wildman–Crippen LogP) is 2.48. The smallest absolute Gasteiger partial charge is 0.288 e. The van der Waals surface area contributed by atoms with E-state index < -0.39 is 10.5 Å². The summed E-state index contributed by atoms with van der Waals surface area (Å²) in [6.07, 6.45) is 0. The number of allylic oxidation sites excluding steroid dienone is 2. The molecule has 0 aliphatic rings. The van der Waals surface area contributed by atoms with E-state index in [1.54, 1.807) is 18.2 Å². The van der Waals surface area contributed by atoms with Crippen LogP contribution in [0.5, 0.6) is 0 Å². The van der Waals surface area contributed by atoms with Gasteiger partial charge in [0.05, 0.1) is 4.92 Å². The molecule has 1 aromatic carbocycles. The van der Waals surface area contributed by atoms with E-state index in [1.165, 1.54) is 12.1 Å². The van der Waals surface area contributed by atoms with Gasteiger partial charge < -0.3 is 5.32 Å². The molecule has 0 saturated heterocycles. The average molecular weight is 274 g/mol. The van der Waals surface area contributed by atoms with E-state index in [9.17, 15) is 10.1 Å². The van der Waals surface area contributed by atoms with Crippen molar-refractivity contribution in [3.63, 3.8) is 0 Å². The first-order valence-corrected chi connectivity index (χ1v) is 5.06. The molecule has 1 aromatic rings. The van der Waals surface area contributed by atoms with Crippen LogP contribution >= 0.6 is 11.6 Å². The van der Waals surface area contributed by atoms with Crippen LogP contribution < -0.4 is 5.32 Å². The molecule has 0 saturated carbocycles. The van der Waals surface area contributed by atoms with Crippen LogP contribution in [0.3, 0.4) is 0 Å². The summed E-state index contributed by atoms with van der Waals surface area (Å²) in [5, 5.41) is 39.0. The predicted molar refractivity (Wildman–Crippen MR) is 65.6 cm³/mol. The van der Waals surface area contributed by atoms with Crippen LogP contribution in [0.2, 0.25) is 5.02 Å². The lowest BCUT2D eigenvalue weighted by molar-refractivity contribution is -0.384. The molecule has 0 bridgehead atoms. The third-order valence-electron chi connectivity index (χ3n) is 2.00. The van der Waals surface area contributed by atoms with Crippen molar-refractivity contribution in [1.82, 2.24) is 0 Å². The largest absolute Gasteiger partial charge is 0.345 e. The van der Waals surface area contributed by atoms with Crippen LogP contribution in [-0.4, -0.2) is 4.92 Å². The zero-order valence-electron chi connectivity index (χ0n) is 9.22. The summed E-state index contributed by atoms with van der Waals surface area (Å²) in [7, 11) is 0. The Labute approximate surface area is 112 Å². The fraction of sp³-hybridized carbons (Fsp3) is 0. The molecule has 19 heavy (non-hydrogen) atoms. The number of anilines is 1. The number of hydrogen-bond acceptors (Lipinski definition) is 6. The Morgan fingerprint density at radius 3 is 2.32 bits per heavy atom. The van der Waals surface area contributed by atoms with Crippen molar-refractivity contribution in [3.8, 4) is 18.2 Å². The number of rotatable bonds is 3. The van der Waals surface area contributed by atoms with Crippen molar-refractivity contribution in [1.29, 1.82) is 15.8 Å². The Bertz CT molecular complexity index is 675. The number of nitriles is 3. The van der Waals surface area contributed by atoms with Gasteiger partial charge in [0, 0.05) is 11.8 Å². The van der Waals surface area contributed by atoms with Gasteiger partial charge in [0.2, 0.25) is 0 Å². The second kappa shape index (κ2) is 6.02. The maximum Gasteiger partial charge on any atom is 0.288 e. The Kier molecular flexibility index (Phi) is 4.43. The summed E-state index contributed by atoms with van der Waals surface area (Å²) in [5.74, 6) is 0. The Morgan fingerprint density at radius 1 is 1.26 bits per heavy atom. The van der Waals surface area contributed by atoms with Crippen LogP contribution in [0.15, 0.2) is 29.5 Å². The van der Waals surface area contributed by atoms with Crippen molar-refractivity contribution in [2.24, 2.45) is 0 Å². The molecule has 0 heterocycles. The minimum atomic E-state index is -0.650. The summed E-state index contributed by atoms with van der Waals surface area (Å²) in [5.41, 5.74) is -0.669. The van der Waals surface area contributed by atoms with Gasteiger partial charge in [0.15, 0.2) is 5.57 Å². The topological polar surface area (TPSA) is 127 Å². The van der Waals surface area contributed by atoms with E-state index in [0.29, 0.717) is 0 Å². The molecule has 0 spiro atoms. The van der Waals surface area contributed by atoms with Crippen LogP contribution in [0.25, 0.3) is 0 Å². The molecule has 0 aliphatic heterocycles. The Morgan fingerprint density at radius 2 is 1.89 bits per heavy atom. The van der Waals surface area contributed by atoms with Gasteiger partial charge in [-0.15, -0.1) is 0 Å². The summed E-state index contributed by atoms with van der Waals surface area (Å²) >= 11 is 5.69. The highest BCUT2D eigenvalue weighted by atomic mass is 35.5. The fourth-order valence-corrected chi connectivity index (χ4v) is 1.41. The van der Waals surface area contributed by atoms with Crippen LogP contribution in [0.4, 0.5) is 11.4 Å². The number of hydrogen-bond donors (Lipinski definition) is 1. The zero-order chi connectivity index (χ0) is 14.4. The quantitative estimate of drug-likeness (QED) is 0.512. The maximum atomic E-state index is 10.6. The van der Waals surface area contributed by atoms with Crippen molar-refractivity contribution in [2.45, 2.75) is 0 Å². The molecule has 8 heteroatoms. The molecule has 92 valence electrons. The minimum Gasteiger partial charge on any atom is -0.345 e. The monoisotopic (exact) mass is 273 g/mol. The number of halogens is 1. The minimum absolute atomic E-state index is 0.122. The van der Waals surface area contributed by atoms with Crippen molar-refractivity contribution >= 4 is 23.0 Å². The van der Waals surface area contributed by atoms with Gasteiger partial charge in [-0.05, 0) is 12.1 Å². The van der Waals surface area contributed by atoms with Crippen LogP contribution in [-0.2, 0) is 0 Å². The standard InChI is InChI=1S/C11H4ClN5O2/c12-9-3-8(1-2-11(9)17(18)19)16-10(6-15)7(4-13)5-14/h1-3,16H. The Balaban J connectivity index is 3.16. The highest BCUT2D eigenvalue weighted by Crippen LogP contribution is 2.27. The van der Waals surface area contributed by atoms with Crippen LogP contribution in [0.1, 0.15) is 0 Å². The molecule has 0 aromatic heterocycles. The number of nitro groups is 1. The van der Waals surface area contributed by atoms with Crippen molar-refractivity contribution in [2.75, 3.05) is 5.32 Å². The zero-order valence-corrected chi connectivity index (χ0v) is 9.97. The van der Waals surface area contributed by atoms with Gasteiger partial charge in [-0.3, -0.25) is 10.1 Å². The molecular formula is C11H4ClN5O2. The summed E-state index contributed by atoms with van der Waals surface area (Å²) in [4.78, 5) is 9.92. The second-order valence-electron chi connectivity index (χ2n) is 3.13. The van der Waals surface area contributed by atoms with Gasteiger partial charge >= 0.3 is 0 Å². The SMILES string of the molecule is N#CC(C#N)=C(C#N)Nc1ccc([N+](=O)[O-])c(Cl)c1. The van der Waals surface area contributed by atoms with E-state index in [2.05, 4.69) is 5.32 Å². The van der Waals surface area contributed by atoms with Gasteiger partial charge in [0.1, 0.15) is 28.9 Å². The lowest BCUT2D eigenvalue weighted by atomic mass is 10.2. The van der Waals surface area contributed by atoms with E-state index in [1.807, 2.05) is 0 Å². The molecule has 1 N–H and O–H groups in total. The summed E-state index contributed by atoms with van der Waals surface area (Å²) < 4.78 is 0. The van der Waals surface area contributed by atoms with E-state index in [-0.39, 0.29) is 22.1 Å². The molecular weight excluding hydrogens is 270 g/mol. The lowest BCUT2D eigenvalue weighted by Gasteiger charge is -2.05. The summed E-state index contributed by atoms with van der Waals surface area (Å²) in [6, 6.07) is 8.46. The number of nitrogens with zero attached hydrogens (tertiary/aromatic N) is 4. The van der Waals surface area contributed by atoms with Gasteiger partial charge in [-0.25, -0.2) is 0 Å². The molecule has 0 radical (unpaired) electrons. The molecule has 0 fully saturated rings. The highest BCUT2D eigenvalue weighted by molar-refractivity contribution is 6.32. The van der Waals surface area contributed by atoms with Crippen LogP contribution in [0, 0.1) is 44.1 Å². The van der Waals surface area contributed by atoms with E-state index in [4.69, 9.17) is 27.4 Å². The summed E-state index contributed by atoms with van der Waals surface area (Å²) in [6.45, 7) is 0. The molecule has 0 amide bonds. The molecule has 7 nitrogen and oxygen atoms in total. The first-order chi connectivity index (χ1) is 9.03. The van der Waals surface area contributed by atoms with Crippen molar-refractivity contribution < 1.29 is 4.92 Å². The third-order valence-corrected chi connectivity index (χ3v) is 2.30. The average Bonchev–Trinajstić information content (AvgIpc) is 2.38. The highest BCUT2D eigenvalue weighted by Gasteiger charge is 2.13. The van der Waals surface area contributed by atoms with Gasteiger partial charge in [-0.1, -0.05) is 11.6 Å². The second-order valence-corrected chi connectivity index (χ2v) is 3.54. The maximum absolute atomic E-state index is 10.6. The molecule has 0 unspecified atom stereocenters. The van der Waals surface area contributed by atoms with Crippen molar-refractivity contribution in [3.05, 3.63) is 44.6 Å². The molecule has 0 aliphatic carbocycles. The Hall–Kier alpha value is -3.08. The first-order valence-electron chi connectivity index (χ1n) is 4.69. The normalized spacial score (nSPS) is 8.53. The number of benzene rings is 1. The first kappa shape index (κ1) is 14.0. The van der Waals surface area contributed by atoms with Gasteiger partial charge in [0.25, 0.3) is 5.69 Å². The number of nitro benzene ring substituents is 1. The lowest BCUT2D eigenvalue weighted by Crippen LogP contribution is -2.01. The van der Waals surface area contributed by atoms with E-state index in [0.717, 1.165) is 6.07 Å². The van der Waals surface area contributed by atoms with E-state index >= 15 is 0 Å².